The van der Waals surface area contributed by atoms with Crippen molar-refractivity contribution in [2.24, 2.45) is 0 Å². The SMILES string of the molecule is CCNC(c1cnccc1C)C1(N(C)C)CCCCC1. The van der Waals surface area contributed by atoms with Crippen LogP contribution in [0.1, 0.15) is 56.2 Å². The van der Waals surface area contributed by atoms with Gasteiger partial charge in [0.25, 0.3) is 0 Å². The van der Waals surface area contributed by atoms with E-state index in [1.807, 2.05) is 6.20 Å². The van der Waals surface area contributed by atoms with Gasteiger partial charge in [0, 0.05) is 17.9 Å². The molecule has 0 aliphatic heterocycles. The molecule has 0 spiro atoms. The van der Waals surface area contributed by atoms with Crippen molar-refractivity contribution in [1.82, 2.24) is 15.2 Å². The molecule has 0 amide bonds. The summed E-state index contributed by atoms with van der Waals surface area (Å²) in [6.07, 6.45) is 10.5. The average molecular weight is 275 g/mol. The number of aryl methyl sites for hydroxylation is 1. The molecule has 0 aromatic carbocycles. The Balaban J connectivity index is 2.42. The third-order valence-electron chi connectivity index (χ3n) is 4.95. The number of hydrogen-bond donors (Lipinski definition) is 1. The smallest absolute Gasteiger partial charge is 0.0524 e. The molecule has 0 bridgehead atoms. The van der Waals surface area contributed by atoms with Crippen molar-refractivity contribution in [2.75, 3.05) is 20.6 Å². The van der Waals surface area contributed by atoms with E-state index in [2.05, 4.69) is 55.4 Å². The maximum atomic E-state index is 4.38. The molecule has 1 fully saturated rings. The predicted octanol–water partition coefficient (Wildman–Crippen LogP) is 3.31. The van der Waals surface area contributed by atoms with E-state index in [0.29, 0.717) is 6.04 Å². The predicted molar refractivity (Wildman–Crippen MR) is 84.9 cm³/mol. The number of nitrogens with one attached hydrogen (secondary N) is 1. The lowest BCUT2D eigenvalue weighted by Crippen LogP contribution is -2.55. The van der Waals surface area contributed by atoms with Crippen LogP contribution in [0.5, 0.6) is 0 Å². The van der Waals surface area contributed by atoms with Gasteiger partial charge in [0.15, 0.2) is 0 Å². The molecular formula is C17H29N3. The van der Waals surface area contributed by atoms with Crippen LogP contribution in [0.25, 0.3) is 0 Å². The highest BCUT2D eigenvalue weighted by atomic mass is 15.2. The molecule has 3 nitrogen and oxygen atoms in total. The molecule has 112 valence electrons. The fourth-order valence-corrected chi connectivity index (χ4v) is 3.73. The molecule has 2 rings (SSSR count). The van der Waals surface area contributed by atoms with Crippen molar-refractivity contribution >= 4 is 0 Å². The zero-order chi connectivity index (χ0) is 14.6. The standard InChI is InChI=1S/C17H29N3/c1-5-19-16(15-13-18-12-9-14(15)2)17(20(3)4)10-7-6-8-11-17/h9,12-13,16,19H,5-8,10-11H2,1-4H3. The quantitative estimate of drug-likeness (QED) is 0.893. The van der Waals surface area contributed by atoms with Crippen molar-refractivity contribution < 1.29 is 0 Å². The molecule has 1 aromatic heterocycles. The van der Waals surface area contributed by atoms with E-state index in [0.717, 1.165) is 6.54 Å². The minimum absolute atomic E-state index is 0.224. The van der Waals surface area contributed by atoms with Crippen molar-refractivity contribution in [3.05, 3.63) is 29.6 Å². The Morgan fingerprint density at radius 3 is 2.55 bits per heavy atom. The number of likely N-dealkylation sites (N-methyl/N-ethyl adjacent to an activating group) is 2. The molecule has 1 N–H and O–H groups in total. The molecule has 1 aliphatic carbocycles. The van der Waals surface area contributed by atoms with Gasteiger partial charge in [-0.2, -0.15) is 0 Å². The van der Waals surface area contributed by atoms with Crippen molar-refractivity contribution in [3.8, 4) is 0 Å². The van der Waals surface area contributed by atoms with Gasteiger partial charge in [-0.15, -0.1) is 0 Å². The summed E-state index contributed by atoms with van der Waals surface area (Å²) in [6, 6.07) is 2.50. The monoisotopic (exact) mass is 275 g/mol. The zero-order valence-electron chi connectivity index (χ0n) is 13.4. The van der Waals surface area contributed by atoms with Gasteiger partial charge < -0.3 is 10.2 Å². The number of aromatic nitrogens is 1. The average Bonchev–Trinajstić information content (AvgIpc) is 2.46. The lowest BCUT2D eigenvalue weighted by Gasteiger charge is -2.49. The summed E-state index contributed by atoms with van der Waals surface area (Å²) in [6.45, 7) is 5.40. The van der Waals surface area contributed by atoms with Gasteiger partial charge in [0.05, 0.1) is 6.04 Å². The van der Waals surface area contributed by atoms with Crippen molar-refractivity contribution in [1.29, 1.82) is 0 Å². The van der Waals surface area contributed by atoms with E-state index < -0.39 is 0 Å². The Bertz CT molecular complexity index is 422. The Hall–Kier alpha value is -0.930. The lowest BCUT2D eigenvalue weighted by atomic mass is 9.72. The molecular weight excluding hydrogens is 246 g/mol. The Morgan fingerprint density at radius 2 is 2.00 bits per heavy atom. The van der Waals surface area contributed by atoms with Crippen LogP contribution >= 0.6 is 0 Å². The lowest BCUT2D eigenvalue weighted by molar-refractivity contribution is 0.0567. The fraction of sp³-hybridized carbons (Fsp3) is 0.706. The van der Waals surface area contributed by atoms with Crippen molar-refractivity contribution in [3.63, 3.8) is 0 Å². The third-order valence-corrected chi connectivity index (χ3v) is 4.95. The van der Waals surface area contributed by atoms with Crippen LogP contribution in [-0.2, 0) is 0 Å². The molecule has 1 saturated carbocycles. The van der Waals surface area contributed by atoms with E-state index in [4.69, 9.17) is 0 Å². The first-order valence-corrected chi connectivity index (χ1v) is 7.93. The van der Waals surface area contributed by atoms with Gasteiger partial charge in [-0.3, -0.25) is 4.98 Å². The Morgan fingerprint density at radius 1 is 1.30 bits per heavy atom. The summed E-state index contributed by atoms with van der Waals surface area (Å²) in [5, 5.41) is 3.75. The second-order valence-corrected chi connectivity index (χ2v) is 6.28. The molecule has 1 heterocycles. The first-order valence-electron chi connectivity index (χ1n) is 7.93. The number of pyridine rings is 1. The molecule has 1 aromatic rings. The second-order valence-electron chi connectivity index (χ2n) is 6.28. The Labute approximate surface area is 123 Å². The summed E-state index contributed by atoms with van der Waals surface area (Å²) < 4.78 is 0. The third kappa shape index (κ3) is 2.89. The molecule has 20 heavy (non-hydrogen) atoms. The van der Waals surface area contributed by atoms with Gasteiger partial charge in [0.2, 0.25) is 0 Å². The minimum atomic E-state index is 0.224. The fourth-order valence-electron chi connectivity index (χ4n) is 3.73. The summed E-state index contributed by atoms with van der Waals surface area (Å²) >= 11 is 0. The van der Waals surface area contributed by atoms with Crippen LogP contribution in [0.3, 0.4) is 0 Å². The van der Waals surface area contributed by atoms with Gasteiger partial charge in [-0.1, -0.05) is 26.2 Å². The first kappa shape index (κ1) is 15.5. The summed E-state index contributed by atoms with van der Waals surface area (Å²) in [7, 11) is 4.47. The number of hydrogen-bond acceptors (Lipinski definition) is 3. The molecule has 3 heteroatoms. The van der Waals surface area contributed by atoms with Crippen LogP contribution in [0, 0.1) is 6.92 Å². The highest BCUT2D eigenvalue weighted by Crippen LogP contribution is 2.42. The highest BCUT2D eigenvalue weighted by Gasteiger charge is 2.42. The van der Waals surface area contributed by atoms with E-state index in [-0.39, 0.29) is 5.54 Å². The van der Waals surface area contributed by atoms with Crippen LogP contribution < -0.4 is 5.32 Å². The maximum absolute atomic E-state index is 4.38. The summed E-state index contributed by atoms with van der Waals surface area (Å²) in [4.78, 5) is 6.83. The van der Waals surface area contributed by atoms with Crippen LogP contribution in [0.2, 0.25) is 0 Å². The second kappa shape index (κ2) is 6.68. The van der Waals surface area contributed by atoms with Gasteiger partial charge in [0.1, 0.15) is 0 Å². The topological polar surface area (TPSA) is 28.2 Å². The van der Waals surface area contributed by atoms with E-state index in [1.54, 1.807) is 0 Å². The van der Waals surface area contributed by atoms with Crippen LogP contribution in [0.4, 0.5) is 0 Å². The zero-order valence-corrected chi connectivity index (χ0v) is 13.4. The summed E-state index contributed by atoms with van der Waals surface area (Å²) in [5.74, 6) is 0. The van der Waals surface area contributed by atoms with E-state index in [1.165, 1.54) is 43.2 Å². The normalized spacial score (nSPS) is 20.1. The molecule has 1 unspecified atom stereocenters. The van der Waals surface area contributed by atoms with Gasteiger partial charge in [-0.25, -0.2) is 0 Å². The van der Waals surface area contributed by atoms with Crippen LogP contribution in [0.15, 0.2) is 18.5 Å². The molecule has 1 aliphatic rings. The highest BCUT2D eigenvalue weighted by molar-refractivity contribution is 5.29. The van der Waals surface area contributed by atoms with Gasteiger partial charge in [-0.05, 0) is 57.6 Å². The first-order chi connectivity index (χ1) is 9.62. The molecule has 1 atom stereocenters. The summed E-state index contributed by atoms with van der Waals surface area (Å²) in [5.41, 5.74) is 2.94. The number of rotatable bonds is 5. The minimum Gasteiger partial charge on any atom is -0.309 e. The number of nitrogens with zero attached hydrogens (tertiary/aromatic N) is 2. The van der Waals surface area contributed by atoms with Crippen LogP contribution in [-0.4, -0.2) is 36.1 Å². The van der Waals surface area contributed by atoms with Gasteiger partial charge >= 0.3 is 0 Å². The Kier molecular flexibility index (Phi) is 5.17. The molecule has 0 radical (unpaired) electrons. The van der Waals surface area contributed by atoms with E-state index in [9.17, 15) is 0 Å². The van der Waals surface area contributed by atoms with Crippen molar-refractivity contribution in [2.45, 2.75) is 57.5 Å². The van der Waals surface area contributed by atoms with E-state index >= 15 is 0 Å². The molecule has 0 saturated heterocycles. The largest absolute Gasteiger partial charge is 0.309 e. The maximum Gasteiger partial charge on any atom is 0.0524 e.